The van der Waals surface area contributed by atoms with Crippen LogP contribution in [0.1, 0.15) is 12.0 Å². The van der Waals surface area contributed by atoms with Crippen molar-refractivity contribution in [1.82, 2.24) is 0 Å². The molecule has 0 bridgehead atoms. The Morgan fingerprint density at radius 2 is 2.20 bits per heavy atom. The van der Waals surface area contributed by atoms with E-state index in [1.54, 1.807) is 7.11 Å². The van der Waals surface area contributed by atoms with Crippen LogP contribution in [-0.4, -0.2) is 25.5 Å². The normalized spacial score (nSPS) is 19.6. The fraction of sp³-hybridized carbons (Fsp3) is 0.364. The van der Waals surface area contributed by atoms with Gasteiger partial charge in [-0.15, -0.1) is 0 Å². The first-order valence-corrected chi connectivity index (χ1v) is 4.90. The second kappa shape index (κ2) is 4.31. The number of oxime groups is 1. The van der Waals surface area contributed by atoms with Gasteiger partial charge in [-0.1, -0.05) is 5.16 Å². The lowest BCUT2D eigenvalue weighted by molar-refractivity contribution is 0.0918. The van der Waals surface area contributed by atoms with Crippen molar-refractivity contribution in [2.75, 3.05) is 13.7 Å². The van der Waals surface area contributed by atoms with Crippen molar-refractivity contribution >= 4 is 5.71 Å². The topological polar surface area (TPSA) is 56.8 Å². The fourth-order valence-corrected chi connectivity index (χ4v) is 1.51. The molecule has 0 amide bonds. The molecule has 80 valence electrons. The van der Waals surface area contributed by atoms with Crippen molar-refractivity contribution in [2.24, 2.45) is 10.9 Å². The summed E-state index contributed by atoms with van der Waals surface area (Å²) in [6, 6.07) is 7.76. The predicted octanol–water partition coefficient (Wildman–Crippen LogP) is 1.15. The molecule has 0 aromatic heterocycles. The lowest BCUT2D eigenvalue weighted by atomic mass is 10.1. The number of methoxy groups -OCH3 is 1. The Kier molecular flexibility index (Phi) is 2.87. The molecular weight excluding hydrogens is 192 g/mol. The molecule has 0 fully saturated rings. The number of benzene rings is 1. The quantitative estimate of drug-likeness (QED) is 0.807. The van der Waals surface area contributed by atoms with E-state index in [0.717, 1.165) is 23.4 Å². The van der Waals surface area contributed by atoms with Crippen LogP contribution in [-0.2, 0) is 4.84 Å². The third-order valence-corrected chi connectivity index (χ3v) is 2.42. The largest absolute Gasteiger partial charge is 0.497 e. The SMILES string of the molecule is COc1ccc(C2=NOC(CN)C2)cc1. The number of nitrogens with two attached hydrogens (primary N) is 1. The average molecular weight is 206 g/mol. The third kappa shape index (κ3) is 2.10. The van der Waals surface area contributed by atoms with Gasteiger partial charge >= 0.3 is 0 Å². The molecule has 1 unspecified atom stereocenters. The first kappa shape index (κ1) is 9.98. The second-order valence-electron chi connectivity index (χ2n) is 3.43. The van der Waals surface area contributed by atoms with Gasteiger partial charge < -0.3 is 15.3 Å². The Hall–Kier alpha value is -1.55. The zero-order valence-corrected chi connectivity index (χ0v) is 8.64. The maximum atomic E-state index is 5.50. The number of ether oxygens (including phenoxy) is 1. The monoisotopic (exact) mass is 206 g/mol. The summed E-state index contributed by atoms with van der Waals surface area (Å²) in [4.78, 5) is 5.16. The van der Waals surface area contributed by atoms with Crippen LogP contribution in [0, 0.1) is 0 Å². The average Bonchev–Trinajstić information content (AvgIpc) is 2.78. The molecule has 1 aromatic rings. The zero-order chi connectivity index (χ0) is 10.7. The molecule has 15 heavy (non-hydrogen) atoms. The predicted molar refractivity (Wildman–Crippen MR) is 58.1 cm³/mol. The van der Waals surface area contributed by atoms with Gasteiger partial charge in [-0.2, -0.15) is 0 Å². The van der Waals surface area contributed by atoms with Gasteiger partial charge in [0.05, 0.1) is 12.8 Å². The van der Waals surface area contributed by atoms with Crippen molar-refractivity contribution in [3.63, 3.8) is 0 Å². The van der Waals surface area contributed by atoms with E-state index < -0.39 is 0 Å². The van der Waals surface area contributed by atoms with Gasteiger partial charge in [0.25, 0.3) is 0 Å². The maximum Gasteiger partial charge on any atom is 0.145 e. The van der Waals surface area contributed by atoms with Crippen LogP contribution in [0.3, 0.4) is 0 Å². The second-order valence-corrected chi connectivity index (χ2v) is 3.43. The van der Waals surface area contributed by atoms with Crippen LogP contribution < -0.4 is 10.5 Å². The molecule has 1 atom stereocenters. The smallest absolute Gasteiger partial charge is 0.145 e. The summed E-state index contributed by atoms with van der Waals surface area (Å²) in [5, 5.41) is 4.01. The van der Waals surface area contributed by atoms with Crippen molar-refractivity contribution in [3.05, 3.63) is 29.8 Å². The van der Waals surface area contributed by atoms with E-state index in [9.17, 15) is 0 Å². The van der Waals surface area contributed by atoms with Crippen molar-refractivity contribution in [1.29, 1.82) is 0 Å². The first-order valence-electron chi connectivity index (χ1n) is 4.90. The molecular formula is C11H14N2O2. The standard InChI is InChI=1S/C11H14N2O2/c1-14-9-4-2-8(3-5-9)11-6-10(7-12)15-13-11/h2-5,10H,6-7,12H2,1H3. The minimum Gasteiger partial charge on any atom is -0.497 e. The first-order chi connectivity index (χ1) is 7.33. The zero-order valence-electron chi connectivity index (χ0n) is 8.64. The van der Waals surface area contributed by atoms with Crippen molar-refractivity contribution in [2.45, 2.75) is 12.5 Å². The van der Waals surface area contributed by atoms with Crippen molar-refractivity contribution in [3.8, 4) is 5.75 Å². The van der Waals surface area contributed by atoms with E-state index in [1.807, 2.05) is 24.3 Å². The number of nitrogens with zero attached hydrogens (tertiary/aromatic N) is 1. The Morgan fingerprint density at radius 3 is 2.73 bits per heavy atom. The van der Waals surface area contributed by atoms with Gasteiger partial charge in [-0.05, 0) is 29.8 Å². The van der Waals surface area contributed by atoms with Crippen LogP contribution in [0.2, 0.25) is 0 Å². The molecule has 0 spiro atoms. The summed E-state index contributed by atoms with van der Waals surface area (Å²) < 4.78 is 5.08. The van der Waals surface area contributed by atoms with Crippen LogP contribution in [0.5, 0.6) is 5.75 Å². The van der Waals surface area contributed by atoms with E-state index >= 15 is 0 Å². The molecule has 1 aliphatic heterocycles. The highest BCUT2D eigenvalue weighted by Gasteiger charge is 2.20. The van der Waals surface area contributed by atoms with Crippen molar-refractivity contribution < 1.29 is 9.57 Å². The Labute approximate surface area is 88.7 Å². The van der Waals surface area contributed by atoms with Crippen LogP contribution >= 0.6 is 0 Å². The van der Waals surface area contributed by atoms with Gasteiger partial charge in [0, 0.05) is 13.0 Å². The summed E-state index contributed by atoms with van der Waals surface area (Å²) in [5.74, 6) is 0.841. The third-order valence-electron chi connectivity index (χ3n) is 2.42. The fourth-order valence-electron chi connectivity index (χ4n) is 1.51. The molecule has 4 heteroatoms. The van der Waals surface area contributed by atoms with Gasteiger partial charge in [-0.3, -0.25) is 0 Å². The Bertz CT molecular complexity index is 359. The lowest BCUT2D eigenvalue weighted by Gasteiger charge is -2.03. The molecule has 1 aliphatic rings. The van der Waals surface area contributed by atoms with Gasteiger partial charge in [0.1, 0.15) is 11.9 Å². The molecule has 1 heterocycles. The molecule has 2 N–H and O–H groups in total. The van der Waals surface area contributed by atoms with E-state index in [2.05, 4.69) is 5.16 Å². The number of hydrogen-bond acceptors (Lipinski definition) is 4. The summed E-state index contributed by atoms with van der Waals surface area (Å²) in [7, 11) is 1.65. The van der Waals surface area contributed by atoms with E-state index in [-0.39, 0.29) is 6.10 Å². The summed E-state index contributed by atoms with van der Waals surface area (Å²) in [6.07, 6.45) is 0.810. The molecule has 0 aliphatic carbocycles. The molecule has 1 aromatic carbocycles. The van der Waals surface area contributed by atoms with Gasteiger partial charge in [0.15, 0.2) is 0 Å². The summed E-state index contributed by atoms with van der Waals surface area (Å²) in [5.41, 5.74) is 7.52. The summed E-state index contributed by atoms with van der Waals surface area (Å²) in [6.45, 7) is 0.503. The number of rotatable bonds is 3. The van der Waals surface area contributed by atoms with Crippen LogP contribution in [0.15, 0.2) is 29.4 Å². The number of hydrogen-bond donors (Lipinski definition) is 1. The molecule has 0 radical (unpaired) electrons. The molecule has 2 rings (SSSR count). The van der Waals surface area contributed by atoms with Gasteiger partial charge in [0.2, 0.25) is 0 Å². The minimum absolute atomic E-state index is 0.0297. The Morgan fingerprint density at radius 1 is 1.47 bits per heavy atom. The molecule has 0 saturated carbocycles. The maximum absolute atomic E-state index is 5.50. The van der Waals surface area contributed by atoms with E-state index in [0.29, 0.717) is 6.54 Å². The van der Waals surface area contributed by atoms with E-state index in [4.69, 9.17) is 15.3 Å². The summed E-state index contributed by atoms with van der Waals surface area (Å²) >= 11 is 0. The highest BCUT2D eigenvalue weighted by Crippen LogP contribution is 2.18. The van der Waals surface area contributed by atoms with E-state index in [1.165, 1.54) is 0 Å². The molecule has 4 nitrogen and oxygen atoms in total. The lowest BCUT2D eigenvalue weighted by Crippen LogP contribution is -2.20. The highest BCUT2D eigenvalue weighted by molar-refractivity contribution is 6.01. The molecule has 0 saturated heterocycles. The van der Waals surface area contributed by atoms with Crippen LogP contribution in [0.4, 0.5) is 0 Å². The highest BCUT2D eigenvalue weighted by atomic mass is 16.6. The minimum atomic E-state index is 0.0297. The van der Waals surface area contributed by atoms with Crippen LogP contribution in [0.25, 0.3) is 0 Å². The van der Waals surface area contributed by atoms with Gasteiger partial charge in [-0.25, -0.2) is 0 Å². The Balaban J connectivity index is 2.10.